The number of nitrogens with zero attached hydrogens (tertiary/aromatic N) is 2. The fourth-order valence-corrected chi connectivity index (χ4v) is 2.68. The zero-order chi connectivity index (χ0) is 17.5. The van der Waals surface area contributed by atoms with Gasteiger partial charge in [0.1, 0.15) is 17.8 Å². The highest BCUT2D eigenvalue weighted by molar-refractivity contribution is 5.93. The van der Waals surface area contributed by atoms with E-state index in [0.29, 0.717) is 17.9 Å². The molecule has 0 unspecified atom stereocenters. The number of carbonyl (C=O) groups excluding carboxylic acids is 1. The average Bonchev–Trinajstić information content (AvgIpc) is 3.30. The van der Waals surface area contributed by atoms with Crippen LogP contribution in [0.1, 0.15) is 33.9 Å². The number of hydrogen-bond acceptors (Lipinski definition) is 4. The highest BCUT2D eigenvalue weighted by Crippen LogP contribution is 2.08. The first kappa shape index (κ1) is 17.0. The molecule has 25 heavy (non-hydrogen) atoms. The van der Waals surface area contributed by atoms with E-state index in [9.17, 15) is 4.79 Å². The quantitative estimate of drug-likeness (QED) is 0.661. The Morgan fingerprint density at radius 3 is 2.88 bits per heavy atom. The van der Waals surface area contributed by atoms with Crippen molar-refractivity contribution in [3.63, 3.8) is 0 Å². The molecule has 0 spiro atoms. The Hall–Kier alpha value is -2.86. The normalized spacial score (nSPS) is 10.8. The first-order chi connectivity index (χ1) is 12.3. The molecule has 2 heterocycles. The molecule has 1 amide bonds. The summed E-state index contributed by atoms with van der Waals surface area (Å²) in [5.74, 6) is 1.24. The van der Waals surface area contributed by atoms with Crippen molar-refractivity contribution < 1.29 is 9.21 Å². The molecular weight excluding hydrogens is 316 g/mol. The molecule has 0 radical (unpaired) electrons. The smallest absolute Gasteiger partial charge is 0.254 e. The van der Waals surface area contributed by atoms with E-state index in [1.165, 1.54) is 11.8 Å². The molecule has 0 saturated carbocycles. The monoisotopic (exact) mass is 338 g/mol. The third-order valence-corrected chi connectivity index (χ3v) is 4.03. The van der Waals surface area contributed by atoms with Crippen molar-refractivity contribution in [2.75, 3.05) is 0 Å². The van der Waals surface area contributed by atoms with Crippen molar-refractivity contribution >= 4 is 5.91 Å². The molecule has 0 fully saturated rings. The third-order valence-electron chi connectivity index (χ3n) is 4.03. The summed E-state index contributed by atoms with van der Waals surface area (Å²) < 4.78 is 7.26. The van der Waals surface area contributed by atoms with E-state index in [4.69, 9.17) is 10.2 Å². The van der Waals surface area contributed by atoms with Crippen LogP contribution in [0.5, 0.6) is 0 Å². The molecule has 0 saturated heterocycles. The largest absolute Gasteiger partial charge is 0.467 e. The number of benzene rings is 1. The highest BCUT2D eigenvalue weighted by atomic mass is 16.3. The van der Waals surface area contributed by atoms with Gasteiger partial charge in [0.2, 0.25) is 0 Å². The standard InChI is InChI=1S/C19H22N4O2/c20-12-17-11-16(14-25-17)19(24)22-13-18-21-8-10-23(18)9-4-7-15-5-2-1-3-6-15/h1-3,5-6,8,10-11,14H,4,7,9,12-13,20H2,(H,22,24). The lowest BCUT2D eigenvalue weighted by Crippen LogP contribution is -2.24. The molecule has 0 atom stereocenters. The Morgan fingerprint density at radius 2 is 2.12 bits per heavy atom. The van der Waals surface area contributed by atoms with Crippen LogP contribution in [0.25, 0.3) is 0 Å². The van der Waals surface area contributed by atoms with Crippen LogP contribution in [0.15, 0.2) is 59.5 Å². The molecule has 6 heteroatoms. The van der Waals surface area contributed by atoms with E-state index in [1.807, 2.05) is 12.3 Å². The molecule has 0 aliphatic heterocycles. The summed E-state index contributed by atoms with van der Waals surface area (Å²) in [7, 11) is 0. The number of aromatic nitrogens is 2. The van der Waals surface area contributed by atoms with Crippen LogP contribution in [-0.2, 0) is 26.1 Å². The highest BCUT2D eigenvalue weighted by Gasteiger charge is 2.11. The second-order valence-electron chi connectivity index (χ2n) is 5.81. The van der Waals surface area contributed by atoms with Crippen molar-refractivity contribution in [2.24, 2.45) is 5.73 Å². The van der Waals surface area contributed by atoms with Gasteiger partial charge in [0.05, 0.1) is 18.7 Å². The fourth-order valence-electron chi connectivity index (χ4n) is 2.68. The average molecular weight is 338 g/mol. The van der Waals surface area contributed by atoms with Crippen molar-refractivity contribution in [1.29, 1.82) is 0 Å². The number of amides is 1. The van der Waals surface area contributed by atoms with E-state index < -0.39 is 0 Å². The predicted molar refractivity (Wildman–Crippen MR) is 94.8 cm³/mol. The predicted octanol–water partition coefficient (Wildman–Crippen LogP) is 2.50. The number of aryl methyl sites for hydroxylation is 2. The van der Waals surface area contributed by atoms with Gasteiger partial charge in [-0.3, -0.25) is 4.79 Å². The molecule has 3 N–H and O–H groups in total. The third kappa shape index (κ3) is 4.58. The van der Waals surface area contributed by atoms with E-state index in [0.717, 1.165) is 25.2 Å². The zero-order valence-corrected chi connectivity index (χ0v) is 14.0. The lowest BCUT2D eigenvalue weighted by Gasteiger charge is -2.09. The molecule has 0 bridgehead atoms. The first-order valence-corrected chi connectivity index (χ1v) is 8.36. The molecule has 1 aromatic carbocycles. The molecule has 3 aromatic rings. The Labute approximate surface area is 146 Å². The van der Waals surface area contributed by atoms with Crippen molar-refractivity contribution in [1.82, 2.24) is 14.9 Å². The second-order valence-corrected chi connectivity index (χ2v) is 5.81. The number of imidazole rings is 1. The molecule has 0 aliphatic rings. The number of hydrogen-bond donors (Lipinski definition) is 2. The van der Waals surface area contributed by atoms with Crippen LogP contribution in [0, 0.1) is 0 Å². The van der Waals surface area contributed by atoms with Gasteiger partial charge in [-0.2, -0.15) is 0 Å². The summed E-state index contributed by atoms with van der Waals surface area (Å²) in [4.78, 5) is 16.5. The zero-order valence-electron chi connectivity index (χ0n) is 14.0. The van der Waals surface area contributed by atoms with Crippen LogP contribution in [-0.4, -0.2) is 15.5 Å². The van der Waals surface area contributed by atoms with Gasteiger partial charge in [0.15, 0.2) is 0 Å². The maximum Gasteiger partial charge on any atom is 0.254 e. The summed E-state index contributed by atoms with van der Waals surface area (Å²) in [6, 6.07) is 12.1. The number of carbonyl (C=O) groups is 1. The van der Waals surface area contributed by atoms with E-state index in [2.05, 4.69) is 39.1 Å². The van der Waals surface area contributed by atoms with Crippen LogP contribution in [0.3, 0.4) is 0 Å². The van der Waals surface area contributed by atoms with Crippen LogP contribution >= 0.6 is 0 Å². The van der Waals surface area contributed by atoms with Crippen LogP contribution < -0.4 is 11.1 Å². The minimum atomic E-state index is -0.192. The Morgan fingerprint density at radius 1 is 1.28 bits per heavy atom. The van der Waals surface area contributed by atoms with Crippen molar-refractivity contribution in [3.05, 3.63) is 77.8 Å². The van der Waals surface area contributed by atoms with Gasteiger partial charge in [0, 0.05) is 18.9 Å². The van der Waals surface area contributed by atoms with Crippen molar-refractivity contribution in [2.45, 2.75) is 32.5 Å². The molecule has 0 aliphatic carbocycles. The van der Waals surface area contributed by atoms with Crippen LogP contribution in [0.4, 0.5) is 0 Å². The molecular formula is C19H22N4O2. The molecule has 6 nitrogen and oxygen atoms in total. The number of furan rings is 1. The first-order valence-electron chi connectivity index (χ1n) is 8.36. The summed E-state index contributed by atoms with van der Waals surface area (Å²) in [6.45, 7) is 1.52. The fraction of sp³-hybridized carbons (Fsp3) is 0.263. The summed E-state index contributed by atoms with van der Waals surface area (Å²) >= 11 is 0. The molecule has 130 valence electrons. The minimum Gasteiger partial charge on any atom is -0.467 e. The van der Waals surface area contributed by atoms with Gasteiger partial charge in [-0.25, -0.2) is 4.98 Å². The summed E-state index contributed by atoms with van der Waals surface area (Å²) in [5, 5.41) is 2.86. The minimum absolute atomic E-state index is 0.192. The maximum atomic E-state index is 12.1. The van der Waals surface area contributed by atoms with Gasteiger partial charge < -0.3 is 20.0 Å². The van der Waals surface area contributed by atoms with E-state index in [-0.39, 0.29) is 12.5 Å². The van der Waals surface area contributed by atoms with Crippen LogP contribution in [0.2, 0.25) is 0 Å². The summed E-state index contributed by atoms with van der Waals surface area (Å²) in [5.41, 5.74) is 7.29. The number of nitrogens with one attached hydrogen (secondary N) is 1. The van der Waals surface area contributed by atoms with Crippen molar-refractivity contribution in [3.8, 4) is 0 Å². The molecule has 2 aromatic heterocycles. The summed E-state index contributed by atoms with van der Waals surface area (Å²) in [6.07, 6.45) is 7.15. The van der Waals surface area contributed by atoms with Gasteiger partial charge in [0.25, 0.3) is 5.91 Å². The lowest BCUT2D eigenvalue weighted by atomic mass is 10.1. The Balaban J connectivity index is 1.50. The maximum absolute atomic E-state index is 12.1. The molecule has 3 rings (SSSR count). The number of nitrogens with two attached hydrogens (primary N) is 1. The Bertz CT molecular complexity index is 808. The SMILES string of the molecule is NCc1cc(C(=O)NCc2nccn2CCCc2ccccc2)co1. The van der Waals surface area contributed by atoms with Gasteiger partial charge >= 0.3 is 0 Å². The topological polar surface area (TPSA) is 86.1 Å². The second kappa shape index (κ2) is 8.30. The van der Waals surface area contributed by atoms with E-state index in [1.54, 1.807) is 12.3 Å². The van der Waals surface area contributed by atoms with Gasteiger partial charge in [-0.05, 0) is 24.5 Å². The van der Waals surface area contributed by atoms with E-state index >= 15 is 0 Å². The van der Waals surface area contributed by atoms with Gasteiger partial charge in [-0.1, -0.05) is 30.3 Å². The number of rotatable bonds is 8. The lowest BCUT2D eigenvalue weighted by molar-refractivity contribution is 0.0949. The van der Waals surface area contributed by atoms with Gasteiger partial charge in [-0.15, -0.1) is 0 Å². The Kier molecular flexibility index (Phi) is 5.64.